The smallest absolute Gasteiger partial charge is 0.256 e. The van der Waals surface area contributed by atoms with Crippen molar-refractivity contribution in [2.45, 2.75) is 19.9 Å². The predicted octanol–water partition coefficient (Wildman–Crippen LogP) is 3.03. The molecule has 0 saturated carbocycles. The molecule has 4 rings (SSSR count). The van der Waals surface area contributed by atoms with Gasteiger partial charge in [-0.3, -0.25) is 9.48 Å². The summed E-state index contributed by atoms with van der Waals surface area (Å²) in [4.78, 5) is 20.0. The lowest BCUT2D eigenvalue weighted by Crippen LogP contribution is -2.48. The van der Waals surface area contributed by atoms with Crippen LogP contribution < -0.4 is 5.32 Å². The number of aromatic nitrogens is 3. The summed E-state index contributed by atoms with van der Waals surface area (Å²) >= 11 is 6.18. The molecular formula is C20H22ClN5O. The van der Waals surface area contributed by atoms with Crippen molar-refractivity contribution < 1.29 is 4.79 Å². The molecule has 0 radical (unpaired) electrons. The molecular weight excluding hydrogens is 362 g/mol. The van der Waals surface area contributed by atoms with E-state index in [-0.39, 0.29) is 11.9 Å². The number of benzene rings is 1. The van der Waals surface area contributed by atoms with Crippen molar-refractivity contribution in [1.82, 2.24) is 25.0 Å². The van der Waals surface area contributed by atoms with Gasteiger partial charge in [0.1, 0.15) is 0 Å². The van der Waals surface area contributed by atoms with Gasteiger partial charge in [0, 0.05) is 37.1 Å². The molecule has 1 amide bonds. The highest BCUT2D eigenvalue weighted by Gasteiger charge is 2.30. The Kier molecular flexibility index (Phi) is 4.61. The van der Waals surface area contributed by atoms with Crippen LogP contribution in [0.25, 0.3) is 11.0 Å². The summed E-state index contributed by atoms with van der Waals surface area (Å²) in [5, 5.41) is 9.40. The van der Waals surface area contributed by atoms with Gasteiger partial charge in [-0.1, -0.05) is 23.7 Å². The van der Waals surface area contributed by atoms with Crippen molar-refractivity contribution >= 4 is 28.5 Å². The molecule has 1 atom stereocenters. The van der Waals surface area contributed by atoms with Crippen LogP contribution in [0, 0.1) is 13.8 Å². The number of aryl methyl sites for hydroxylation is 3. The average Bonchev–Trinajstić information content (AvgIpc) is 2.93. The second-order valence-corrected chi connectivity index (χ2v) is 7.41. The van der Waals surface area contributed by atoms with Crippen LogP contribution >= 0.6 is 11.6 Å². The van der Waals surface area contributed by atoms with Crippen LogP contribution in [0.2, 0.25) is 5.02 Å². The zero-order valence-electron chi connectivity index (χ0n) is 15.7. The van der Waals surface area contributed by atoms with Gasteiger partial charge in [-0.05, 0) is 37.6 Å². The molecule has 2 aromatic heterocycles. The van der Waals surface area contributed by atoms with E-state index in [1.54, 1.807) is 4.68 Å². The lowest BCUT2D eigenvalue weighted by Gasteiger charge is -2.37. The number of hydrogen-bond donors (Lipinski definition) is 1. The van der Waals surface area contributed by atoms with Gasteiger partial charge in [-0.25, -0.2) is 4.98 Å². The fraction of sp³-hybridized carbons (Fsp3) is 0.350. The third-order valence-electron chi connectivity index (χ3n) is 5.16. The minimum atomic E-state index is -0.0601. The van der Waals surface area contributed by atoms with E-state index in [0.29, 0.717) is 23.7 Å². The first-order valence-corrected chi connectivity index (χ1v) is 9.41. The Balaban J connectivity index is 1.75. The second kappa shape index (κ2) is 6.94. The number of hydrogen-bond acceptors (Lipinski definition) is 4. The largest absolute Gasteiger partial charge is 0.329 e. The summed E-state index contributed by atoms with van der Waals surface area (Å²) in [6.07, 6.45) is 0. The summed E-state index contributed by atoms with van der Waals surface area (Å²) < 4.78 is 1.76. The molecule has 1 fully saturated rings. The maximum absolute atomic E-state index is 13.4. The van der Waals surface area contributed by atoms with Crippen molar-refractivity contribution in [3.05, 3.63) is 57.9 Å². The topological polar surface area (TPSA) is 63.1 Å². The molecule has 1 aromatic carbocycles. The third-order valence-corrected chi connectivity index (χ3v) is 5.39. The first kappa shape index (κ1) is 17.9. The molecule has 0 aliphatic carbocycles. The number of pyridine rings is 1. The van der Waals surface area contributed by atoms with E-state index in [1.807, 2.05) is 56.1 Å². The van der Waals surface area contributed by atoms with Crippen LogP contribution in [0.1, 0.15) is 33.4 Å². The Hall–Kier alpha value is -2.44. The molecule has 6 nitrogen and oxygen atoms in total. The van der Waals surface area contributed by atoms with Crippen molar-refractivity contribution in [3.63, 3.8) is 0 Å². The van der Waals surface area contributed by atoms with Gasteiger partial charge < -0.3 is 10.2 Å². The van der Waals surface area contributed by atoms with E-state index >= 15 is 0 Å². The monoisotopic (exact) mass is 383 g/mol. The predicted molar refractivity (Wildman–Crippen MR) is 106 cm³/mol. The second-order valence-electron chi connectivity index (χ2n) is 6.97. The summed E-state index contributed by atoms with van der Waals surface area (Å²) in [7, 11) is 1.87. The molecule has 1 aliphatic rings. The molecule has 7 heteroatoms. The van der Waals surface area contributed by atoms with Crippen molar-refractivity contribution in [2.75, 3.05) is 19.6 Å². The van der Waals surface area contributed by atoms with Crippen LogP contribution in [0.3, 0.4) is 0 Å². The molecule has 0 bridgehead atoms. The van der Waals surface area contributed by atoms with Gasteiger partial charge >= 0.3 is 0 Å². The van der Waals surface area contributed by atoms with Gasteiger partial charge in [-0.2, -0.15) is 5.10 Å². The van der Waals surface area contributed by atoms with Crippen LogP contribution in [0.4, 0.5) is 0 Å². The maximum atomic E-state index is 13.4. The quantitative estimate of drug-likeness (QED) is 0.738. The Labute approximate surface area is 163 Å². The third kappa shape index (κ3) is 3.19. The Morgan fingerprint density at radius 3 is 2.85 bits per heavy atom. The molecule has 3 aromatic rings. The lowest BCUT2D eigenvalue weighted by molar-refractivity contribution is 0.0633. The van der Waals surface area contributed by atoms with Gasteiger partial charge in [0.2, 0.25) is 0 Å². The summed E-state index contributed by atoms with van der Waals surface area (Å²) in [6, 6.07) is 9.59. The number of amides is 1. The molecule has 0 spiro atoms. The number of rotatable bonds is 2. The average molecular weight is 384 g/mol. The fourth-order valence-corrected chi connectivity index (χ4v) is 3.96. The van der Waals surface area contributed by atoms with Crippen molar-refractivity contribution in [2.24, 2.45) is 7.05 Å². The first-order chi connectivity index (χ1) is 13.0. The Morgan fingerprint density at radius 1 is 1.26 bits per heavy atom. The molecule has 140 valence electrons. The van der Waals surface area contributed by atoms with Crippen molar-refractivity contribution in [3.8, 4) is 0 Å². The van der Waals surface area contributed by atoms with Gasteiger partial charge in [0.15, 0.2) is 5.65 Å². The normalized spacial score (nSPS) is 17.5. The van der Waals surface area contributed by atoms with E-state index < -0.39 is 0 Å². The number of halogens is 1. The minimum Gasteiger partial charge on any atom is -0.329 e. The number of carbonyl (C=O) groups excluding carboxylic acids is 1. The standard InChI is InChI=1S/C20H22ClN5O/c1-12-17(10-16-13(2)24-25(3)19(16)23-12)20(27)26-8-7-22-11-18(26)14-5-4-6-15(21)9-14/h4-6,9-10,18,22H,7-8,11H2,1-3H3. The summed E-state index contributed by atoms with van der Waals surface area (Å²) in [6.45, 7) is 5.93. The van der Waals surface area contributed by atoms with Crippen LogP contribution in [-0.2, 0) is 7.05 Å². The van der Waals surface area contributed by atoms with Gasteiger partial charge in [0.05, 0.1) is 23.0 Å². The molecule has 1 unspecified atom stereocenters. The summed E-state index contributed by atoms with van der Waals surface area (Å²) in [5.74, 6) is -0.00312. The van der Waals surface area contributed by atoms with E-state index in [0.717, 1.165) is 34.5 Å². The fourth-order valence-electron chi connectivity index (χ4n) is 3.76. The van der Waals surface area contributed by atoms with Crippen LogP contribution in [0.15, 0.2) is 30.3 Å². The highest BCUT2D eigenvalue weighted by atomic mass is 35.5. The maximum Gasteiger partial charge on any atom is 0.256 e. The van der Waals surface area contributed by atoms with E-state index in [4.69, 9.17) is 11.6 Å². The Morgan fingerprint density at radius 2 is 2.07 bits per heavy atom. The summed E-state index contributed by atoms with van der Waals surface area (Å²) in [5.41, 5.74) is 4.06. The minimum absolute atomic E-state index is 0.00312. The molecule has 1 N–H and O–H groups in total. The highest BCUT2D eigenvalue weighted by Crippen LogP contribution is 2.28. The SMILES string of the molecule is Cc1nc2c(cc1C(=O)N1CCNCC1c1cccc(Cl)c1)c(C)nn2C. The van der Waals surface area contributed by atoms with Crippen LogP contribution in [0.5, 0.6) is 0 Å². The van der Waals surface area contributed by atoms with E-state index in [2.05, 4.69) is 15.4 Å². The number of carbonyl (C=O) groups is 1. The zero-order chi connectivity index (χ0) is 19.1. The molecule has 3 heterocycles. The van der Waals surface area contributed by atoms with Gasteiger partial charge in [-0.15, -0.1) is 0 Å². The van der Waals surface area contributed by atoms with E-state index in [1.165, 1.54) is 0 Å². The van der Waals surface area contributed by atoms with Crippen LogP contribution in [-0.4, -0.2) is 45.2 Å². The molecule has 1 saturated heterocycles. The van der Waals surface area contributed by atoms with E-state index in [9.17, 15) is 4.79 Å². The number of piperazine rings is 1. The number of nitrogens with zero attached hydrogens (tertiary/aromatic N) is 4. The highest BCUT2D eigenvalue weighted by molar-refractivity contribution is 6.30. The lowest BCUT2D eigenvalue weighted by atomic mass is 10.0. The number of nitrogens with one attached hydrogen (secondary N) is 1. The van der Waals surface area contributed by atoms with Gasteiger partial charge in [0.25, 0.3) is 5.91 Å². The van der Waals surface area contributed by atoms with Crippen molar-refractivity contribution in [1.29, 1.82) is 0 Å². The zero-order valence-corrected chi connectivity index (χ0v) is 16.4. The number of fused-ring (bicyclic) bond motifs is 1. The molecule has 27 heavy (non-hydrogen) atoms. The molecule has 1 aliphatic heterocycles. The first-order valence-electron chi connectivity index (χ1n) is 9.04. The Bertz CT molecular complexity index is 1030.